The van der Waals surface area contributed by atoms with Crippen molar-refractivity contribution < 1.29 is 27.4 Å². The number of rotatable bonds is 4. The number of methoxy groups -OCH3 is 2. The summed E-state index contributed by atoms with van der Waals surface area (Å²) in [6, 6.07) is 10.1. The van der Waals surface area contributed by atoms with Crippen molar-refractivity contribution in [1.82, 2.24) is 5.32 Å². The highest BCUT2D eigenvalue weighted by Crippen LogP contribution is 2.38. The molecular formula is C19H15F3N2O3S. The number of halogens is 3. The maximum atomic E-state index is 13.2. The molecule has 1 aliphatic rings. The third-order valence-electron chi connectivity index (χ3n) is 3.80. The normalized spacial score (nSPS) is 17.1. The third kappa shape index (κ3) is 4.30. The molecule has 3 rings (SSSR count). The number of hydrogen-bond acceptors (Lipinski definition) is 5. The van der Waals surface area contributed by atoms with Crippen LogP contribution in [-0.2, 0) is 6.18 Å². The number of nitrogens with one attached hydrogen (secondary N) is 1. The van der Waals surface area contributed by atoms with Gasteiger partial charge in [-0.3, -0.25) is 4.79 Å². The molecule has 1 saturated heterocycles. The predicted octanol–water partition coefficient (Wildman–Crippen LogP) is 5.25. The fraction of sp³-hybridized carbons (Fsp3) is 0.158. The van der Waals surface area contributed by atoms with Crippen molar-refractivity contribution in [3.05, 3.63) is 58.5 Å². The molecule has 0 saturated carbocycles. The molecule has 0 aliphatic carbocycles. The van der Waals surface area contributed by atoms with E-state index in [4.69, 9.17) is 9.47 Å². The summed E-state index contributed by atoms with van der Waals surface area (Å²) in [6.45, 7) is 0. The summed E-state index contributed by atoms with van der Waals surface area (Å²) >= 11 is 0.851. The van der Waals surface area contributed by atoms with Gasteiger partial charge in [0, 0.05) is 0 Å². The van der Waals surface area contributed by atoms with E-state index in [2.05, 4.69) is 10.3 Å². The highest BCUT2D eigenvalue weighted by Gasteiger charge is 2.34. The van der Waals surface area contributed by atoms with Gasteiger partial charge >= 0.3 is 6.18 Å². The molecule has 1 amide bonds. The fourth-order valence-electron chi connectivity index (χ4n) is 2.54. The van der Waals surface area contributed by atoms with Crippen molar-refractivity contribution >= 4 is 34.6 Å². The molecule has 1 N–H and O–H groups in total. The summed E-state index contributed by atoms with van der Waals surface area (Å²) in [7, 11) is 3.00. The van der Waals surface area contributed by atoms with E-state index in [0.29, 0.717) is 22.0 Å². The Balaban J connectivity index is 2.02. The molecule has 0 aromatic heterocycles. The number of carbonyl (C=O) groups excluding carboxylic acids is 1. The van der Waals surface area contributed by atoms with Crippen molar-refractivity contribution in [2.24, 2.45) is 4.99 Å². The number of hydrogen-bond donors (Lipinski definition) is 1. The number of amidine groups is 1. The first-order valence-corrected chi connectivity index (χ1v) is 8.81. The molecule has 0 spiro atoms. The first kappa shape index (κ1) is 19.8. The standard InChI is InChI=1S/C19H15F3N2O3S/c1-26-14-8-7-11(9-15(14)27-2)10-16-17(24-18(25)28-16)23-13-6-4-3-5-12(13)19(20,21)22/h3-10H,1-2H3,(H,23,24,25)/b16-10-. The van der Waals surface area contributed by atoms with Gasteiger partial charge < -0.3 is 14.8 Å². The number of nitrogens with zero attached hydrogens (tertiary/aromatic N) is 1. The predicted molar refractivity (Wildman–Crippen MR) is 102 cm³/mol. The van der Waals surface area contributed by atoms with Gasteiger partial charge in [0.05, 0.1) is 30.4 Å². The number of para-hydroxylation sites is 1. The second kappa shape index (κ2) is 7.97. The third-order valence-corrected chi connectivity index (χ3v) is 4.62. The van der Waals surface area contributed by atoms with Crippen LogP contribution in [0.5, 0.6) is 11.5 Å². The van der Waals surface area contributed by atoms with Gasteiger partial charge in [-0.1, -0.05) is 18.2 Å². The SMILES string of the molecule is COc1ccc(/C=C2\SC(=O)NC2=Nc2ccccc2C(F)(F)F)cc1OC. The Labute approximate surface area is 163 Å². The van der Waals surface area contributed by atoms with E-state index < -0.39 is 17.0 Å². The molecule has 0 atom stereocenters. The molecule has 1 aliphatic heterocycles. The lowest BCUT2D eigenvalue weighted by Crippen LogP contribution is -2.19. The molecule has 1 fully saturated rings. The molecule has 1 heterocycles. The Morgan fingerprint density at radius 1 is 1.07 bits per heavy atom. The number of alkyl halides is 3. The monoisotopic (exact) mass is 408 g/mol. The Hall–Kier alpha value is -2.94. The molecule has 146 valence electrons. The summed E-state index contributed by atoms with van der Waals surface area (Å²) in [6.07, 6.45) is -2.91. The van der Waals surface area contributed by atoms with Crippen molar-refractivity contribution in [3.8, 4) is 11.5 Å². The largest absolute Gasteiger partial charge is 0.493 e. The van der Waals surface area contributed by atoms with Crippen molar-refractivity contribution in [1.29, 1.82) is 0 Å². The van der Waals surface area contributed by atoms with Crippen molar-refractivity contribution in [3.63, 3.8) is 0 Å². The van der Waals surface area contributed by atoms with Gasteiger partial charge in [-0.2, -0.15) is 13.2 Å². The first-order valence-electron chi connectivity index (χ1n) is 7.99. The summed E-state index contributed by atoms with van der Waals surface area (Å²) < 4.78 is 50.0. The highest BCUT2D eigenvalue weighted by molar-refractivity contribution is 8.18. The zero-order chi connectivity index (χ0) is 20.3. The van der Waals surface area contributed by atoms with Gasteiger partial charge in [-0.25, -0.2) is 4.99 Å². The Bertz CT molecular complexity index is 971. The Kier molecular flexibility index (Phi) is 5.64. The highest BCUT2D eigenvalue weighted by atomic mass is 32.2. The number of thioether (sulfide) groups is 1. The number of aliphatic imine (C=N–C) groups is 1. The van der Waals surface area contributed by atoms with Crippen LogP contribution < -0.4 is 14.8 Å². The average Bonchev–Trinajstić information content (AvgIpc) is 3.00. The minimum Gasteiger partial charge on any atom is -0.493 e. The fourth-order valence-corrected chi connectivity index (χ4v) is 3.27. The molecular weight excluding hydrogens is 393 g/mol. The zero-order valence-corrected chi connectivity index (χ0v) is 15.6. The molecule has 2 aromatic carbocycles. The van der Waals surface area contributed by atoms with Gasteiger partial charge in [-0.15, -0.1) is 0 Å². The summed E-state index contributed by atoms with van der Waals surface area (Å²) in [5.41, 5.74) is -0.474. The van der Waals surface area contributed by atoms with Crippen LogP contribution in [0.4, 0.5) is 23.7 Å². The quantitative estimate of drug-likeness (QED) is 0.751. The lowest BCUT2D eigenvalue weighted by atomic mass is 10.1. The number of carbonyl (C=O) groups is 1. The van der Waals surface area contributed by atoms with Crippen LogP contribution in [0.1, 0.15) is 11.1 Å². The maximum Gasteiger partial charge on any atom is 0.418 e. The van der Waals surface area contributed by atoms with E-state index in [1.54, 1.807) is 24.3 Å². The molecule has 5 nitrogen and oxygen atoms in total. The van der Waals surface area contributed by atoms with Gasteiger partial charge in [0.1, 0.15) is 5.84 Å². The lowest BCUT2D eigenvalue weighted by Gasteiger charge is -2.10. The van der Waals surface area contributed by atoms with E-state index >= 15 is 0 Å². The van der Waals surface area contributed by atoms with E-state index in [0.717, 1.165) is 17.8 Å². The molecule has 9 heteroatoms. The Morgan fingerprint density at radius 3 is 2.46 bits per heavy atom. The first-order chi connectivity index (χ1) is 13.3. The Morgan fingerprint density at radius 2 is 1.79 bits per heavy atom. The minimum absolute atomic E-state index is 0.0569. The van der Waals surface area contributed by atoms with Gasteiger partial charge in [-0.05, 0) is 47.7 Å². The number of ether oxygens (including phenoxy) is 2. The van der Waals surface area contributed by atoms with Crippen LogP contribution in [0.2, 0.25) is 0 Å². The van der Waals surface area contributed by atoms with Crippen molar-refractivity contribution in [2.75, 3.05) is 14.2 Å². The van der Waals surface area contributed by atoms with Crippen LogP contribution in [0.25, 0.3) is 6.08 Å². The van der Waals surface area contributed by atoms with E-state index in [1.165, 1.54) is 32.4 Å². The van der Waals surface area contributed by atoms with Crippen molar-refractivity contribution in [2.45, 2.75) is 6.18 Å². The van der Waals surface area contributed by atoms with Crippen LogP contribution in [0.3, 0.4) is 0 Å². The summed E-state index contributed by atoms with van der Waals surface area (Å²) in [5.74, 6) is 1.08. The maximum absolute atomic E-state index is 13.2. The van der Waals surface area contributed by atoms with Crippen LogP contribution in [0.15, 0.2) is 52.4 Å². The summed E-state index contributed by atoms with van der Waals surface area (Å²) in [5, 5.41) is 2.06. The van der Waals surface area contributed by atoms with Gasteiger partial charge in [0.15, 0.2) is 11.5 Å². The van der Waals surface area contributed by atoms with Crippen LogP contribution >= 0.6 is 11.8 Å². The lowest BCUT2D eigenvalue weighted by molar-refractivity contribution is -0.137. The molecule has 28 heavy (non-hydrogen) atoms. The number of benzene rings is 2. The molecule has 0 radical (unpaired) electrons. The molecule has 0 bridgehead atoms. The second-order valence-corrected chi connectivity index (χ2v) is 6.63. The van der Waals surface area contributed by atoms with E-state index in [9.17, 15) is 18.0 Å². The minimum atomic E-state index is -4.55. The van der Waals surface area contributed by atoms with Crippen LogP contribution in [-0.4, -0.2) is 25.3 Å². The van der Waals surface area contributed by atoms with Gasteiger partial charge in [0.25, 0.3) is 5.24 Å². The van der Waals surface area contributed by atoms with E-state index in [1.807, 2.05) is 0 Å². The number of amides is 1. The summed E-state index contributed by atoms with van der Waals surface area (Å²) in [4.78, 5) is 16.3. The smallest absolute Gasteiger partial charge is 0.418 e. The van der Waals surface area contributed by atoms with Gasteiger partial charge in [0.2, 0.25) is 0 Å². The average molecular weight is 408 g/mol. The topological polar surface area (TPSA) is 59.9 Å². The van der Waals surface area contributed by atoms with E-state index in [-0.39, 0.29) is 11.5 Å². The second-order valence-electron chi connectivity index (χ2n) is 5.61. The molecule has 0 unspecified atom stereocenters. The zero-order valence-electron chi connectivity index (χ0n) is 14.8. The van der Waals surface area contributed by atoms with Crippen LogP contribution in [0, 0.1) is 0 Å². The molecule has 2 aromatic rings.